The summed E-state index contributed by atoms with van der Waals surface area (Å²) in [4.78, 5) is 0. The van der Waals surface area contributed by atoms with Crippen LogP contribution in [0.15, 0.2) is 58.1 Å². The molecule has 0 aliphatic carbocycles. The van der Waals surface area contributed by atoms with Gasteiger partial charge in [0, 0.05) is 5.56 Å². The van der Waals surface area contributed by atoms with E-state index in [2.05, 4.69) is 38.7 Å². The third-order valence-electron chi connectivity index (χ3n) is 4.11. The van der Waals surface area contributed by atoms with Gasteiger partial charge in [-0.3, -0.25) is 0 Å². The molecule has 8 heteroatoms. The Labute approximate surface area is 160 Å². The van der Waals surface area contributed by atoms with Crippen LogP contribution in [0, 0.1) is 13.8 Å². The Kier molecular flexibility index (Phi) is 4.72. The van der Waals surface area contributed by atoms with Crippen molar-refractivity contribution in [2.24, 2.45) is 0 Å². The summed E-state index contributed by atoms with van der Waals surface area (Å²) in [6.07, 6.45) is 0. The van der Waals surface area contributed by atoms with Crippen LogP contribution in [0.1, 0.15) is 29.2 Å². The lowest BCUT2D eigenvalue weighted by Crippen LogP contribution is -2.02. The molecular formula is C19H18N6OS. The van der Waals surface area contributed by atoms with Crippen LogP contribution in [0.2, 0.25) is 0 Å². The number of nitrogens with zero attached hydrogens (tertiary/aromatic N) is 6. The Bertz CT molecular complexity index is 1060. The first-order valence-corrected chi connectivity index (χ1v) is 9.41. The van der Waals surface area contributed by atoms with Crippen LogP contribution in [0.25, 0.3) is 17.1 Å². The maximum atomic E-state index is 5.84. The predicted octanol–water partition coefficient (Wildman–Crippen LogP) is 4.18. The molecule has 4 rings (SSSR count). The van der Waals surface area contributed by atoms with Crippen molar-refractivity contribution in [3.63, 3.8) is 0 Å². The Hall–Kier alpha value is -3.00. The van der Waals surface area contributed by atoms with Gasteiger partial charge in [0.05, 0.1) is 10.9 Å². The van der Waals surface area contributed by atoms with Gasteiger partial charge < -0.3 is 4.42 Å². The van der Waals surface area contributed by atoms with Crippen molar-refractivity contribution >= 4 is 11.8 Å². The number of benzene rings is 2. The molecule has 0 unspecified atom stereocenters. The first-order chi connectivity index (χ1) is 13.1. The zero-order valence-corrected chi connectivity index (χ0v) is 16.0. The molecule has 0 spiro atoms. The van der Waals surface area contributed by atoms with Gasteiger partial charge in [-0.25, -0.2) is 0 Å². The molecule has 0 fully saturated rings. The summed E-state index contributed by atoms with van der Waals surface area (Å²) >= 11 is 1.48. The number of thioether (sulfide) groups is 1. The maximum absolute atomic E-state index is 5.84. The first-order valence-electron chi connectivity index (χ1n) is 8.53. The number of aryl methyl sites for hydroxylation is 2. The van der Waals surface area contributed by atoms with Crippen LogP contribution in [0.5, 0.6) is 0 Å². The average Bonchev–Trinajstić information content (AvgIpc) is 3.32. The number of rotatable bonds is 5. The number of tetrazole rings is 1. The van der Waals surface area contributed by atoms with Gasteiger partial charge in [-0.1, -0.05) is 47.7 Å². The quantitative estimate of drug-likeness (QED) is 0.482. The third-order valence-corrected chi connectivity index (χ3v) is 5.13. The summed E-state index contributed by atoms with van der Waals surface area (Å²) in [6.45, 7) is 6.11. The molecule has 2 aromatic carbocycles. The smallest absolute Gasteiger partial charge is 0.247 e. The number of aromatic nitrogens is 6. The van der Waals surface area contributed by atoms with Crippen molar-refractivity contribution in [1.82, 2.24) is 30.4 Å². The lowest BCUT2D eigenvalue weighted by molar-refractivity contribution is 0.508. The first kappa shape index (κ1) is 17.4. The van der Waals surface area contributed by atoms with E-state index in [9.17, 15) is 0 Å². The topological polar surface area (TPSA) is 82.5 Å². The molecule has 0 saturated carbocycles. The monoisotopic (exact) mass is 378 g/mol. The van der Waals surface area contributed by atoms with E-state index in [0.29, 0.717) is 16.9 Å². The second kappa shape index (κ2) is 7.32. The van der Waals surface area contributed by atoms with Gasteiger partial charge in [-0.2, -0.15) is 4.68 Å². The highest BCUT2D eigenvalue weighted by Gasteiger charge is 2.20. The fourth-order valence-corrected chi connectivity index (χ4v) is 3.58. The Morgan fingerprint density at radius 1 is 1.00 bits per heavy atom. The van der Waals surface area contributed by atoms with E-state index in [4.69, 9.17) is 4.42 Å². The molecule has 0 amide bonds. The minimum atomic E-state index is -0.0922. The molecular weight excluding hydrogens is 360 g/mol. The molecule has 0 N–H and O–H groups in total. The normalized spacial score (nSPS) is 12.3. The molecule has 0 bridgehead atoms. The van der Waals surface area contributed by atoms with Crippen LogP contribution < -0.4 is 0 Å². The molecule has 0 aliphatic heterocycles. The molecule has 2 aromatic heterocycles. The summed E-state index contributed by atoms with van der Waals surface area (Å²) in [5.74, 6) is 1.04. The molecule has 0 saturated heterocycles. The molecule has 0 aliphatic rings. The molecule has 4 aromatic rings. The summed E-state index contributed by atoms with van der Waals surface area (Å²) in [5, 5.41) is 21.1. The zero-order chi connectivity index (χ0) is 18.8. The van der Waals surface area contributed by atoms with Gasteiger partial charge in [0.15, 0.2) is 0 Å². The molecule has 1 atom stereocenters. The lowest BCUT2D eigenvalue weighted by atomic mass is 10.1. The highest BCUT2D eigenvalue weighted by atomic mass is 32.2. The second-order valence-corrected chi connectivity index (χ2v) is 7.54. The Morgan fingerprint density at radius 2 is 1.81 bits per heavy atom. The third kappa shape index (κ3) is 3.61. The highest BCUT2D eigenvalue weighted by molar-refractivity contribution is 7.99. The van der Waals surface area contributed by atoms with Crippen LogP contribution in [-0.2, 0) is 0 Å². The van der Waals surface area contributed by atoms with Crippen LogP contribution in [0.4, 0.5) is 0 Å². The summed E-state index contributed by atoms with van der Waals surface area (Å²) in [5.41, 5.74) is 4.16. The summed E-state index contributed by atoms with van der Waals surface area (Å²) < 4.78 is 7.58. The van der Waals surface area contributed by atoms with Crippen LogP contribution in [0.3, 0.4) is 0 Å². The van der Waals surface area contributed by atoms with Gasteiger partial charge in [0.2, 0.25) is 16.9 Å². The number of hydrogen-bond donors (Lipinski definition) is 0. The minimum Gasteiger partial charge on any atom is -0.419 e. The van der Waals surface area contributed by atoms with Crippen molar-refractivity contribution in [3.8, 4) is 17.1 Å². The van der Waals surface area contributed by atoms with Gasteiger partial charge in [0.25, 0.3) is 0 Å². The molecule has 2 heterocycles. The van der Waals surface area contributed by atoms with Crippen LogP contribution in [-0.4, -0.2) is 30.4 Å². The largest absolute Gasteiger partial charge is 0.419 e. The Balaban J connectivity index is 1.57. The highest BCUT2D eigenvalue weighted by Crippen LogP contribution is 2.34. The van der Waals surface area contributed by atoms with E-state index < -0.39 is 0 Å². The molecule has 136 valence electrons. The lowest BCUT2D eigenvalue weighted by Gasteiger charge is -2.10. The maximum Gasteiger partial charge on any atom is 0.247 e. The van der Waals surface area contributed by atoms with E-state index in [1.165, 1.54) is 17.3 Å². The SMILES string of the molecule is Cc1ccc(-n2nnnc2S[C@H](C)c2nnc(-c3ccccc3)o2)c(C)c1. The van der Waals surface area contributed by atoms with Crippen LogP contribution >= 0.6 is 11.8 Å². The van der Waals surface area contributed by atoms with Crippen molar-refractivity contribution in [1.29, 1.82) is 0 Å². The predicted molar refractivity (Wildman–Crippen MR) is 103 cm³/mol. The minimum absolute atomic E-state index is 0.0922. The van der Waals surface area contributed by atoms with E-state index in [1.807, 2.05) is 56.3 Å². The van der Waals surface area contributed by atoms with E-state index >= 15 is 0 Å². The zero-order valence-electron chi connectivity index (χ0n) is 15.2. The fourth-order valence-electron chi connectivity index (χ4n) is 2.75. The Morgan fingerprint density at radius 3 is 2.59 bits per heavy atom. The second-order valence-electron chi connectivity index (χ2n) is 6.23. The van der Waals surface area contributed by atoms with Gasteiger partial charge in [0.1, 0.15) is 0 Å². The van der Waals surface area contributed by atoms with Crippen molar-refractivity contribution in [2.45, 2.75) is 31.2 Å². The van der Waals surface area contributed by atoms with Crippen molar-refractivity contribution in [3.05, 3.63) is 65.5 Å². The van der Waals surface area contributed by atoms with Crippen molar-refractivity contribution < 1.29 is 4.42 Å². The van der Waals surface area contributed by atoms with E-state index in [0.717, 1.165) is 16.8 Å². The molecule has 27 heavy (non-hydrogen) atoms. The number of hydrogen-bond acceptors (Lipinski definition) is 7. The fraction of sp³-hybridized carbons (Fsp3) is 0.211. The summed E-state index contributed by atoms with van der Waals surface area (Å²) in [6, 6.07) is 15.9. The average molecular weight is 378 g/mol. The molecule has 7 nitrogen and oxygen atoms in total. The standard InChI is InChI=1S/C19H18N6OS/c1-12-9-10-16(13(2)11-12)25-19(22-23-24-25)27-14(3)17-20-21-18(26-17)15-7-5-4-6-8-15/h4-11,14H,1-3H3/t14-/m1/s1. The van der Waals surface area contributed by atoms with Crippen molar-refractivity contribution in [2.75, 3.05) is 0 Å². The van der Waals surface area contributed by atoms with Gasteiger partial charge in [-0.15, -0.1) is 15.3 Å². The van der Waals surface area contributed by atoms with E-state index in [-0.39, 0.29) is 5.25 Å². The van der Waals surface area contributed by atoms with E-state index in [1.54, 1.807) is 4.68 Å². The summed E-state index contributed by atoms with van der Waals surface area (Å²) in [7, 11) is 0. The molecule has 0 radical (unpaired) electrons. The van der Waals surface area contributed by atoms with Gasteiger partial charge >= 0.3 is 0 Å². The van der Waals surface area contributed by atoms with Gasteiger partial charge in [-0.05, 0) is 55.0 Å².